The highest BCUT2D eigenvalue weighted by atomic mass is 32.1. The van der Waals surface area contributed by atoms with Gasteiger partial charge in [0.15, 0.2) is 17.5 Å². The van der Waals surface area contributed by atoms with Crippen LogP contribution in [-0.4, -0.2) is 60.1 Å². The number of halogens is 1. The van der Waals surface area contributed by atoms with Crippen molar-refractivity contribution in [1.29, 1.82) is 0 Å². The van der Waals surface area contributed by atoms with Crippen molar-refractivity contribution in [3.05, 3.63) is 65.0 Å². The third kappa shape index (κ3) is 3.96. The molecule has 0 amide bonds. The van der Waals surface area contributed by atoms with Crippen LogP contribution >= 0.6 is 11.3 Å². The van der Waals surface area contributed by atoms with E-state index in [-0.39, 0.29) is 17.7 Å². The summed E-state index contributed by atoms with van der Waals surface area (Å²) in [5, 5.41) is 15.1. The van der Waals surface area contributed by atoms with Gasteiger partial charge in [0, 0.05) is 11.3 Å². The lowest BCUT2D eigenvalue weighted by atomic mass is 10.0. The Balaban J connectivity index is 1.49. The number of rotatable bonds is 6. The molecule has 0 aliphatic carbocycles. The molecule has 33 heavy (non-hydrogen) atoms. The lowest BCUT2D eigenvalue weighted by Gasteiger charge is -2.37. The van der Waals surface area contributed by atoms with Crippen LogP contribution in [-0.2, 0) is 0 Å². The Labute approximate surface area is 194 Å². The molecule has 172 valence electrons. The molecule has 1 saturated heterocycles. The summed E-state index contributed by atoms with van der Waals surface area (Å²) >= 11 is 1.44. The van der Waals surface area contributed by atoms with Crippen LogP contribution in [0.15, 0.2) is 48.8 Å². The molecule has 0 spiro atoms. The van der Waals surface area contributed by atoms with Gasteiger partial charge >= 0.3 is 0 Å². The molecule has 10 heteroatoms. The smallest absolute Gasteiger partial charge is 0.235 e. The van der Waals surface area contributed by atoms with E-state index in [2.05, 4.69) is 15.0 Å². The number of aromatic nitrogens is 3. The number of nitrogens with zero attached hydrogens (tertiary/aromatic N) is 4. The summed E-state index contributed by atoms with van der Waals surface area (Å²) in [5.74, 6) is 1.18. The molecule has 0 bridgehead atoms. The maximum atomic E-state index is 13.3. The van der Waals surface area contributed by atoms with Crippen LogP contribution in [0.25, 0.3) is 4.96 Å². The van der Waals surface area contributed by atoms with Crippen LogP contribution in [0.4, 0.5) is 10.1 Å². The minimum absolute atomic E-state index is 0.112. The molecule has 3 heterocycles. The number of benzene rings is 2. The normalized spacial score (nSPS) is 15.7. The maximum absolute atomic E-state index is 13.3. The average molecular weight is 471 g/mol. The Morgan fingerprint density at radius 1 is 1.06 bits per heavy atom. The summed E-state index contributed by atoms with van der Waals surface area (Å²) in [6.07, 6.45) is 1.44. The zero-order chi connectivity index (χ0) is 22.9. The van der Waals surface area contributed by atoms with Crippen LogP contribution in [0.1, 0.15) is 16.5 Å². The first-order chi connectivity index (χ1) is 16.1. The third-order valence-electron chi connectivity index (χ3n) is 6.15. The summed E-state index contributed by atoms with van der Waals surface area (Å²) in [6.45, 7) is 3.30. The van der Waals surface area contributed by atoms with Crippen molar-refractivity contribution in [2.75, 3.05) is 45.3 Å². The first-order valence-corrected chi connectivity index (χ1v) is 11.5. The molecule has 0 radical (unpaired) electrons. The van der Waals surface area contributed by atoms with Crippen molar-refractivity contribution in [3.63, 3.8) is 0 Å². The second-order valence-electron chi connectivity index (χ2n) is 7.91. The van der Waals surface area contributed by atoms with Gasteiger partial charge in [-0.05, 0) is 42.5 Å². The van der Waals surface area contributed by atoms with Crippen molar-refractivity contribution in [3.8, 4) is 17.4 Å². The van der Waals surface area contributed by atoms with E-state index in [9.17, 15) is 9.50 Å². The van der Waals surface area contributed by atoms with Gasteiger partial charge in [-0.3, -0.25) is 0 Å². The van der Waals surface area contributed by atoms with Gasteiger partial charge in [0.2, 0.25) is 10.8 Å². The fraction of sp³-hybridized carbons (Fsp3) is 0.304. The van der Waals surface area contributed by atoms with Crippen molar-refractivity contribution >= 4 is 22.0 Å². The van der Waals surface area contributed by atoms with Crippen LogP contribution in [0.2, 0.25) is 0 Å². The lowest BCUT2D eigenvalue weighted by Crippen LogP contribution is -3.15. The number of aromatic hydroxyl groups is 1. The van der Waals surface area contributed by atoms with E-state index < -0.39 is 0 Å². The monoisotopic (exact) mass is 470 g/mol. The van der Waals surface area contributed by atoms with E-state index in [4.69, 9.17) is 9.47 Å². The molecule has 0 unspecified atom stereocenters. The molecule has 4 aromatic rings. The van der Waals surface area contributed by atoms with Crippen LogP contribution in [0.3, 0.4) is 0 Å². The van der Waals surface area contributed by atoms with E-state index >= 15 is 0 Å². The van der Waals surface area contributed by atoms with E-state index in [1.165, 1.54) is 39.2 Å². The zero-order valence-corrected chi connectivity index (χ0v) is 19.2. The maximum Gasteiger partial charge on any atom is 0.235 e. The number of fused-ring (bicyclic) bond motifs is 1. The Bertz CT molecular complexity index is 1250. The molecule has 1 atom stereocenters. The summed E-state index contributed by atoms with van der Waals surface area (Å²) in [7, 11) is 3.23. The van der Waals surface area contributed by atoms with E-state index in [0.717, 1.165) is 42.3 Å². The lowest BCUT2D eigenvalue weighted by molar-refractivity contribution is -0.925. The number of anilines is 1. The Morgan fingerprint density at radius 3 is 2.45 bits per heavy atom. The van der Waals surface area contributed by atoms with Gasteiger partial charge in [-0.25, -0.2) is 9.37 Å². The SMILES string of the molecule is COc1ccc([C@H](c2sc3ncnn3c2O)[NH+]2CCN(c3ccc(F)cc3)CC2)cc1OC. The Morgan fingerprint density at radius 2 is 1.79 bits per heavy atom. The fourth-order valence-electron chi connectivity index (χ4n) is 4.48. The third-order valence-corrected chi connectivity index (χ3v) is 7.25. The molecule has 5 rings (SSSR count). The number of hydrogen-bond donors (Lipinski definition) is 2. The highest BCUT2D eigenvalue weighted by Crippen LogP contribution is 2.37. The van der Waals surface area contributed by atoms with Gasteiger partial charge in [-0.1, -0.05) is 11.3 Å². The molecular weight excluding hydrogens is 445 g/mol. The van der Waals surface area contributed by atoms with Gasteiger partial charge < -0.3 is 24.4 Å². The minimum Gasteiger partial charge on any atom is -0.493 e. The van der Waals surface area contributed by atoms with Crippen LogP contribution in [0, 0.1) is 5.82 Å². The van der Waals surface area contributed by atoms with Gasteiger partial charge in [0.25, 0.3) is 0 Å². The zero-order valence-electron chi connectivity index (χ0n) is 18.4. The predicted molar refractivity (Wildman–Crippen MR) is 123 cm³/mol. The van der Waals surface area contributed by atoms with Crippen molar-refractivity contribution in [2.24, 2.45) is 0 Å². The van der Waals surface area contributed by atoms with Gasteiger partial charge in [0.05, 0.1) is 40.4 Å². The van der Waals surface area contributed by atoms with Crippen molar-refractivity contribution in [2.45, 2.75) is 6.04 Å². The predicted octanol–water partition coefficient (Wildman–Crippen LogP) is 2.15. The van der Waals surface area contributed by atoms with Crippen LogP contribution in [0.5, 0.6) is 17.4 Å². The molecule has 8 nitrogen and oxygen atoms in total. The Hall–Kier alpha value is -3.37. The van der Waals surface area contributed by atoms with Crippen LogP contribution < -0.4 is 19.3 Å². The molecule has 0 saturated carbocycles. The van der Waals surface area contributed by atoms with Gasteiger partial charge in [-0.15, -0.1) is 0 Å². The minimum atomic E-state index is -0.233. The van der Waals surface area contributed by atoms with Crippen molar-refractivity contribution in [1.82, 2.24) is 14.6 Å². The summed E-state index contributed by atoms with van der Waals surface area (Å²) in [5.41, 5.74) is 2.03. The molecule has 2 N–H and O–H groups in total. The topological polar surface area (TPSA) is 76.6 Å². The standard InChI is InChI=1S/C23H24FN5O3S/c1-31-18-8-3-15(13-19(18)32-2)20(21-22(30)29-23(33-21)25-14-26-29)28-11-9-27(10-12-28)17-6-4-16(24)5-7-17/h3-8,13-14,20,30H,9-12H2,1-2H3/p+1/t20-/m1/s1. The number of hydrogen-bond acceptors (Lipinski definition) is 7. The van der Waals surface area contributed by atoms with Gasteiger partial charge in [0.1, 0.15) is 17.0 Å². The number of piperazine rings is 1. The number of quaternary nitrogens is 1. The quantitative estimate of drug-likeness (QED) is 0.450. The highest BCUT2D eigenvalue weighted by molar-refractivity contribution is 7.17. The number of thiazole rings is 1. The van der Waals surface area contributed by atoms with E-state index in [0.29, 0.717) is 16.5 Å². The largest absolute Gasteiger partial charge is 0.493 e. The average Bonchev–Trinajstić information content (AvgIpc) is 3.43. The number of ether oxygens (including phenoxy) is 2. The number of methoxy groups -OCH3 is 2. The fourth-order valence-corrected chi connectivity index (χ4v) is 5.59. The number of nitrogens with one attached hydrogen (secondary N) is 1. The highest BCUT2D eigenvalue weighted by Gasteiger charge is 2.35. The van der Waals surface area contributed by atoms with Crippen molar-refractivity contribution < 1.29 is 23.9 Å². The summed E-state index contributed by atoms with van der Waals surface area (Å²) < 4.78 is 25.8. The molecule has 1 aliphatic heterocycles. The second-order valence-corrected chi connectivity index (χ2v) is 8.92. The van der Waals surface area contributed by atoms with E-state index in [1.807, 2.05) is 30.3 Å². The van der Waals surface area contributed by atoms with Gasteiger partial charge in [-0.2, -0.15) is 9.61 Å². The molecule has 2 aromatic carbocycles. The first-order valence-electron chi connectivity index (χ1n) is 10.7. The second kappa shape index (κ2) is 8.87. The first kappa shape index (κ1) is 21.5. The van der Waals surface area contributed by atoms with E-state index in [1.54, 1.807) is 14.2 Å². The molecular formula is C23H25FN5O3S+. The molecule has 1 fully saturated rings. The summed E-state index contributed by atoms with van der Waals surface area (Å²) in [4.78, 5) is 9.28. The molecule has 1 aliphatic rings. The molecule has 2 aromatic heterocycles. The Kier molecular flexibility index (Phi) is 5.77. The summed E-state index contributed by atoms with van der Waals surface area (Å²) in [6, 6.07) is 12.4.